The summed E-state index contributed by atoms with van der Waals surface area (Å²) in [7, 11) is 0. The highest BCUT2D eigenvalue weighted by atomic mass is 32.1. The van der Waals surface area contributed by atoms with E-state index in [2.05, 4.69) is 11.9 Å². The number of aryl methyl sites for hydroxylation is 2. The Morgan fingerprint density at radius 1 is 1.44 bits per heavy atom. The third-order valence-corrected chi connectivity index (χ3v) is 5.85. The van der Waals surface area contributed by atoms with Gasteiger partial charge < -0.3 is 10.0 Å². The molecule has 25 heavy (non-hydrogen) atoms. The number of hydrogen-bond acceptors (Lipinski definition) is 5. The van der Waals surface area contributed by atoms with Crippen LogP contribution in [0.4, 0.5) is 0 Å². The van der Waals surface area contributed by atoms with Crippen LogP contribution in [0.25, 0.3) is 10.2 Å². The molecule has 2 aromatic heterocycles. The van der Waals surface area contributed by atoms with Gasteiger partial charge in [0, 0.05) is 13.1 Å². The first-order valence-electron chi connectivity index (χ1n) is 8.48. The van der Waals surface area contributed by atoms with E-state index in [4.69, 9.17) is 0 Å². The van der Waals surface area contributed by atoms with Crippen molar-refractivity contribution in [1.29, 1.82) is 0 Å². The molecule has 0 bridgehead atoms. The lowest BCUT2D eigenvalue weighted by atomic mass is 10.2. The van der Waals surface area contributed by atoms with E-state index >= 15 is 0 Å². The van der Waals surface area contributed by atoms with Crippen molar-refractivity contribution < 1.29 is 14.7 Å². The number of carbonyl (C=O) groups is 2. The van der Waals surface area contributed by atoms with Crippen LogP contribution in [0.5, 0.6) is 0 Å². The molecule has 1 amide bonds. The second-order valence-electron chi connectivity index (χ2n) is 6.33. The highest BCUT2D eigenvalue weighted by Crippen LogP contribution is 2.30. The fourth-order valence-electron chi connectivity index (χ4n) is 3.25. The van der Waals surface area contributed by atoms with Crippen molar-refractivity contribution in [2.45, 2.75) is 52.1 Å². The molecule has 2 aromatic rings. The van der Waals surface area contributed by atoms with Gasteiger partial charge in [-0.2, -0.15) is 0 Å². The predicted molar refractivity (Wildman–Crippen MR) is 95.2 cm³/mol. The second-order valence-corrected chi connectivity index (χ2v) is 7.33. The molecule has 3 heterocycles. The van der Waals surface area contributed by atoms with E-state index in [1.54, 1.807) is 11.5 Å². The molecule has 1 saturated heterocycles. The maximum Gasteiger partial charge on any atom is 0.326 e. The van der Waals surface area contributed by atoms with Crippen LogP contribution in [0, 0.1) is 6.92 Å². The molecule has 134 valence electrons. The molecule has 1 atom stereocenters. The number of aromatic nitrogens is 2. The maximum absolute atomic E-state index is 12.9. The minimum atomic E-state index is -0.982. The van der Waals surface area contributed by atoms with Gasteiger partial charge in [-0.05, 0) is 31.7 Å². The fourth-order valence-corrected chi connectivity index (χ4v) is 4.34. The topological polar surface area (TPSA) is 92.5 Å². The van der Waals surface area contributed by atoms with Gasteiger partial charge in [0.1, 0.15) is 10.9 Å². The second kappa shape index (κ2) is 6.95. The Bertz CT molecular complexity index is 886. The third-order valence-electron chi connectivity index (χ3n) is 4.66. The SMILES string of the molecule is CCCCn1cnc2sc(C(=O)N3CCCC3C(=O)O)c(C)c2c1=O. The summed E-state index contributed by atoms with van der Waals surface area (Å²) in [6.07, 6.45) is 4.53. The first kappa shape index (κ1) is 17.6. The molecule has 8 heteroatoms. The lowest BCUT2D eigenvalue weighted by molar-refractivity contribution is -0.141. The van der Waals surface area contributed by atoms with E-state index in [0.717, 1.165) is 12.8 Å². The molecule has 1 fully saturated rings. The summed E-state index contributed by atoms with van der Waals surface area (Å²) in [5, 5.41) is 9.77. The monoisotopic (exact) mass is 363 g/mol. The lowest BCUT2D eigenvalue weighted by Gasteiger charge is -2.20. The van der Waals surface area contributed by atoms with Gasteiger partial charge in [-0.1, -0.05) is 13.3 Å². The van der Waals surface area contributed by atoms with Crippen LogP contribution in [0.2, 0.25) is 0 Å². The molecule has 3 rings (SSSR count). The van der Waals surface area contributed by atoms with E-state index in [9.17, 15) is 19.5 Å². The van der Waals surface area contributed by atoms with E-state index in [0.29, 0.717) is 46.6 Å². The largest absolute Gasteiger partial charge is 0.480 e. The van der Waals surface area contributed by atoms with Gasteiger partial charge in [0.15, 0.2) is 0 Å². The summed E-state index contributed by atoms with van der Waals surface area (Å²) in [6.45, 7) is 4.82. The summed E-state index contributed by atoms with van der Waals surface area (Å²) in [6, 6.07) is -0.786. The Morgan fingerprint density at radius 3 is 2.88 bits per heavy atom. The number of aliphatic carboxylic acids is 1. The van der Waals surface area contributed by atoms with Gasteiger partial charge in [-0.15, -0.1) is 11.3 Å². The zero-order chi connectivity index (χ0) is 18.1. The predicted octanol–water partition coefficient (Wildman–Crippen LogP) is 2.26. The van der Waals surface area contributed by atoms with Gasteiger partial charge in [0.2, 0.25) is 0 Å². The van der Waals surface area contributed by atoms with Gasteiger partial charge in [0.05, 0.1) is 16.6 Å². The Morgan fingerprint density at radius 2 is 2.20 bits per heavy atom. The summed E-state index contributed by atoms with van der Waals surface area (Å²) >= 11 is 1.17. The number of carboxylic acids is 1. The van der Waals surface area contributed by atoms with Gasteiger partial charge in [0.25, 0.3) is 11.5 Å². The average molecular weight is 363 g/mol. The van der Waals surface area contributed by atoms with Crippen molar-refractivity contribution in [3.8, 4) is 0 Å². The van der Waals surface area contributed by atoms with E-state index in [1.807, 2.05) is 0 Å². The number of rotatable bonds is 5. The number of nitrogens with zero attached hydrogens (tertiary/aromatic N) is 3. The Kier molecular flexibility index (Phi) is 4.89. The van der Waals surface area contributed by atoms with E-state index in [1.165, 1.54) is 22.6 Å². The molecule has 0 aromatic carbocycles. The molecule has 0 saturated carbocycles. The van der Waals surface area contributed by atoms with Crippen LogP contribution in [0.15, 0.2) is 11.1 Å². The Balaban J connectivity index is 2.01. The Labute approximate surface area is 148 Å². The highest BCUT2D eigenvalue weighted by molar-refractivity contribution is 7.20. The molecular weight excluding hydrogens is 342 g/mol. The van der Waals surface area contributed by atoms with Crippen molar-refractivity contribution in [3.63, 3.8) is 0 Å². The van der Waals surface area contributed by atoms with Crippen molar-refractivity contribution in [2.75, 3.05) is 6.54 Å². The van der Waals surface area contributed by atoms with Crippen LogP contribution in [-0.4, -0.2) is 44.0 Å². The zero-order valence-electron chi connectivity index (χ0n) is 14.3. The highest BCUT2D eigenvalue weighted by Gasteiger charge is 2.36. The number of carboxylic acid groups (broad SMARTS) is 1. The summed E-state index contributed by atoms with van der Waals surface area (Å²) in [5.74, 6) is -1.30. The number of thiophene rings is 1. The quantitative estimate of drug-likeness (QED) is 0.879. The number of unbranched alkanes of at least 4 members (excludes halogenated alkanes) is 1. The van der Waals surface area contributed by atoms with Crippen LogP contribution in [0.1, 0.15) is 47.8 Å². The maximum atomic E-state index is 12.9. The molecule has 1 aliphatic heterocycles. The van der Waals surface area contributed by atoms with Gasteiger partial charge >= 0.3 is 5.97 Å². The number of hydrogen-bond donors (Lipinski definition) is 1. The number of fused-ring (bicyclic) bond motifs is 1. The van der Waals surface area contributed by atoms with Gasteiger partial charge in [-0.25, -0.2) is 9.78 Å². The molecule has 7 nitrogen and oxygen atoms in total. The standard InChI is InChI=1S/C17H21N3O4S/c1-3-4-7-19-9-18-14-12(15(19)21)10(2)13(25-14)16(22)20-8-5-6-11(20)17(23)24/h9,11H,3-8H2,1-2H3,(H,23,24). The first-order chi connectivity index (χ1) is 12.0. The van der Waals surface area contributed by atoms with Crippen molar-refractivity contribution in [2.24, 2.45) is 0 Å². The summed E-state index contributed by atoms with van der Waals surface area (Å²) < 4.78 is 1.58. The Hall–Kier alpha value is -2.22. The number of carbonyl (C=O) groups excluding carboxylic acids is 1. The molecule has 1 aliphatic rings. The minimum Gasteiger partial charge on any atom is -0.480 e. The molecule has 0 radical (unpaired) electrons. The van der Waals surface area contributed by atoms with Gasteiger partial charge in [-0.3, -0.25) is 14.2 Å². The lowest BCUT2D eigenvalue weighted by Crippen LogP contribution is -2.40. The third kappa shape index (κ3) is 3.06. The van der Waals surface area contributed by atoms with Crippen molar-refractivity contribution in [3.05, 3.63) is 27.1 Å². The molecule has 0 spiro atoms. The summed E-state index contributed by atoms with van der Waals surface area (Å²) in [5.41, 5.74) is 0.465. The number of likely N-dealkylation sites (tertiary alicyclic amines) is 1. The van der Waals surface area contributed by atoms with Crippen LogP contribution in [-0.2, 0) is 11.3 Å². The smallest absolute Gasteiger partial charge is 0.326 e. The first-order valence-corrected chi connectivity index (χ1v) is 9.29. The minimum absolute atomic E-state index is 0.137. The normalized spacial score (nSPS) is 17.4. The van der Waals surface area contributed by atoms with Crippen LogP contribution < -0.4 is 5.56 Å². The van der Waals surface area contributed by atoms with E-state index < -0.39 is 12.0 Å². The average Bonchev–Trinajstić information content (AvgIpc) is 3.19. The van der Waals surface area contributed by atoms with Crippen LogP contribution in [0.3, 0.4) is 0 Å². The van der Waals surface area contributed by atoms with Crippen LogP contribution >= 0.6 is 11.3 Å². The van der Waals surface area contributed by atoms with Crippen molar-refractivity contribution >= 4 is 33.4 Å². The zero-order valence-corrected chi connectivity index (χ0v) is 15.1. The van der Waals surface area contributed by atoms with Crippen molar-refractivity contribution in [1.82, 2.24) is 14.5 Å². The van der Waals surface area contributed by atoms with E-state index in [-0.39, 0.29) is 11.5 Å². The fraction of sp³-hybridized carbons (Fsp3) is 0.529. The molecule has 1 unspecified atom stereocenters. The molecular formula is C17H21N3O4S. The number of amides is 1. The molecule has 1 N–H and O–H groups in total. The molecule has 0 aliphatic carbocycles. The summed E-state index contributed by atoms with van der Waals surface area (Å²) in [4.78, 5) is 43.6.